The fraction of sp³-hybridized carbons (Fsp3) is 0.689. The lowest BCUT2D eigenvalue weighted by Gasteiger charge is -2.18. The minimum atomic E-state index is -0.810. The molecule has 0 saturated heterocycles. The van der Waals surface area contributed by atoms with Gasteiger partial charge in [-0.15, -0.1) is 0 Å². The fourth-order valence-corrected chi connectivity index (χ4v) is 9.27. The molecule has 1 unspecified atom stereocenters. The zero-order chi connectivity index (χ0) is 57.8. The summed E-state index contributed by atoms with van der Waals surface area (Å²) in [5.41, 5.74) is 0. The van der Waals surface area contributed by atoms with Gasteiger partial charge in [0, 0.05) is 19.3 Å². The maximum Gasteiger partial charge on any atom is 0.306 e. The lowest BCUT2D eigenvalue weighted by Crippen LogP contribution is -2.30. The van der Waals surface area contributed by atoms with E-state index in [0.29, 0.717) is 19.3 Å². The molecular weight excluding hydrogens is 985 g/mol. The van der Waals surface area contributed by atoms with Crippen LogP contribution >= 0.6 is 0 Å². The van der Waals surface area contributed by atoms with E-state index in [-0.39, 0.29) is 37.5 Å². The molecule has 0 heterocycles. The summed E-state index contributed by atoms with van der Waals surface area (Å²) in [5.74, 6) is -0.962. The van der Waals surface area contributed by atoms with Crippen LogP contribution < -0.4 is 0 Å². The second-order valence-electron chi connectivity index (χ2n) is 22.0. The molecule has 0 amide bonds. The minimum Gasteiger partial charge on any atom is -0.462 e. The van der Waals surface area contributed by atoms with Crippen LogP contribution in [0.15, 0.2) is 122 Å². The molecule has 0 aliphatic rings. The van der Waals surface area contributed by atoms with Crippen molar-refractivity contribution in [3.8, 4) is 0 Å². The van der Waals surface area contributed by atoms with Crippen molar-refractivity contribution in [2.24, 2.45) is 0 Å². The molecule has 0 N–H and O–H groups in total. The summed E-state index contributed by atoms with van der Waals surface area (Å²) in [6, 6.07) is 0. The van der Waals surface area contributed by atoms with Crippen molar-refractivity contribution in [3.63, 3.8) is 0 Å². The van der Waals surface area contributed by atoms with Crippen molar-refractivity contribution < 1.29 is 28.6 Å². The maximum atomic E-state index is 12.9. The average Bonchev–Trinajstić information content (AvgIpc) is 3.46. The standard InChI is InChI=1S/C74H124O6/c1-4-7-10-13-16-19-22-25-28-31-33-35-37-39-40-43-46-49-52-55-58-61-64-67-73(76)79-70-71(69-78-72(75)66-63-60-57-54-51-48-45-42-30-27-24-21-18-15-12-9-6-3)80-74(77)68-65-62-59-56-53-50-47-44-41-38-36-34-32-29-26-23-20-17-14-11-8-5-2/h7,9-10,12,16,18-19,21,25,27-28,30,33,35,39-40,46,49,55,58,71H,4-6,8,11,13-15,17,20,22-24,26,29,31-32,34,36-38,41-45,47-48,50-54,56-57,59-70H2,1-3H3/b10-7-,12-9-,19-16-,21-18-,28-25-,30-27-,35-33-,40-39-,49-46-,58-55-. The van der Waals surface area contributed by atoms with E-state index in [1.807, 2.05) is 0 Å². The number of allylic oxidation sites excluding steroid dienone is 20. The van der Waals surface area contributed by atoms with E-state index in [4.69, 9.17) is 14.2 Å². The van der Waals surface area contributed by atoms with Crippen LogP contribution in [0.2, 0.25) is 0 Å². The first-order valence-corrected chi connectivity index (χ1v) is 33.5. The van der Waals surface area contributed by atoms with Gasteiger partial charge in [-0.3, -0.25) is 14.4 Å². The number of carbonyl (C=O) groups excluding carboxylic acids is 3. The Morgan fingerprint density at radius 1 is 0.263 bits per heavy atom. The molecule has 0 bridgehead atoms. The molecule has 80 heavy (non-hydrogen) atoms. The number of hydrogen-bond acceptors (Lipinski definition) is 6. The van der Waals surface area contributed by atoms with Gasteiger partial charge in [0.25, 0.3) is 0 Å². The van der Waals surface area contributed by atoms with Crippen molar-refractivity contribution in [1.82, 2.24) is 0 Å². The first-order valence-electron chi connectivity index (χ1n) is 33.5. The third-order valence-corrected chi connectivity index (χ3v) is 14.2. The highest BCUT2D eigenvalue weighted by atomic mass is 16.6. The number of unbranched alkanes of at least 4 members (excludes halogenated alkanes) is 29. The van der Waals surface area contributed by atoms with Crippen LogP contribution in [0.25, 0.3) is 0 Å². The zero-order valence-electron chi connectivity index (χ0n) is 52.3. The molecule has 0 aromatic rings. The van der Waals surface area contributed by atoms with Gasteiger partial charge in [0.05, 0.1) is 0 Å². The molecule has 0 fully saturated rings. The van der Waals surface area contributed by atoms with Gasteiger partial charge in [0.15, 0.2) is 6.10 Å². The van der Waals surface area contributed by atoms with E-state index < -0.39 is 6.10 Å². The normalized spacial score (nSPS) is 12.9. The van der Waals surface area contributed by atoms with Crippen LogP contribution in [0.4, 0.5) is 0 Å². The van der Waals surface area contributed by atoms with Gasteiger partial charge in [0.2, 0.25) is 0 Å². The second kappa shape index (κ2) is 67.3. The molecule has 6 nitrogen and oxygen atoms in total. The zero-order valence-corrected chi connectivity index (χ0v) is 52.3. The summed E-state index contributed by atoms with van der Waals surface area (Å²) in [6.07, 6.45) is 93.6. The molecular formula is C74H124O6. The van der Waals surface area contributed by atoms with E-state index in [0.717, 1.165) is 116 Å². The lowest BCUT2D eigenvalue weighted by molar-refractivity contribution is -0.167. The Morgan fingerprint density at radius 3 is 0.812 bits per heavy atom. The number of esters is 3. The van der Waals surface area contributed by atoms with Crippen LogP contribution in [-0.4, -0.2) is 37.2 Å². The molecule has 6 heteroatoms. The fourth-order valence-electron chi connectivity index (χ4n) is 9.27. The lowest BCUT2D eigenvalue weighted by atomic mass is 10.0. The largest absolute Gasteiger partial charge is 0.462 e. The minimum absolute atomic E-state index is 0.102. The molecule has 0 radical (unpaired) electrons. The number of hydrogen-bond donors (Lipinski definition) is 0. The first kappa shape index (κ1) is 75.8. The first-order chi connectivity index (χ1) is 39.5. The van der Waals surface area contributed by atoms with Crippen LogP contribution in [0.5, 0.6) is 0 Å². The molecule has 456 valence electrons. The molecule has 0 aromatic carbocycles. The van der Waals surface area contributed by atoms with Gasteiger partial charge < -0.3 is 14.2 Å². The van der Waals surface area contributed by atoms with Gasteiger partial charge in [-0.25, -0.2) is 0 Å². The third-order valence-electron chi connectivity index (χ3n) is 14.2. The molecule has 0 aliphatic carbocycles. The highest BCUT2D eigenvalue weighted by molar-refractivity contribution is 5.71. The van der Waals surface area contributed by atoms with Crippen LogP contribution in [-0.2, 0) is 28.6 Å². The van der Waals surface area contributed by atoms with Crippen molar-refractivity contribution in [2.45, 2.75) is 316 Å². The Hall–Kier alpha value is -4.19. The van der Waals surface area contributed by atoms with E-state index in [2.05, 4.69) is 142 Å². The van der Waals surface area contributed by atoms with E-state index in [9.17, 15) is 14.4 Å². The summed E-state index contributed by atoms with van der Waals surface area (Å²) in [5, 5.41) is 0. The van der Waals surface area contributed by atoms with E-state index >= 15 is 0 Å². The molecule has 0 aliphatic heterocycles. The second-order valence-corrected chi connectivity index (χ2v) is 22.0. The highest BCUT2D eigenvalue weighted by Crippen LogP contribution is 2.17. The summed E-state index contributed by atoms with van der Waals surface area (Å²) in [6.45, 7) is 6.39. The predicted molar refractivity (Wildman–Crippen MR) is 348 cm³/mol. The third kappa shape index (κ3) is 64.6. The number of rotatable bonds is 60. The number of ether oxygens (including phenoxy) is 3. The average molecular weight is 1110 g/mol. The van der Waals surface area contributed by atoms with Crippen molar-refractivity contribution in [2.75, 3.05) is 13.2 Å². The van der Waals surface area contributed by atoms with E-state index in [1.54, 1.807) is 0 Å². The Kier molecular flexibility index (Phi) is 63.8. The van der Waals surface area contributed by atoms with Crippen LogP contribution in [0.1, 0.15) is 310 Å². The Labute approximate surface area is 494 Å². The molecule has 0 rings (SSSR count). The maximum absolute atomic E-state index is 12.9. The molecule has 0 aromatic heterocycles. The summed E-state index contributed by atoms with van der Waals surface area (Å²) >= 11 is 0. The van der Waals surface area contributed by atoms with E-state index in [1.165, 1.54) is 148 Å². The highest BCUT2D eigenvalue weighted by Gasteiger charge is 2.19. The SMILES string of the molecule is CC/C=C\C/C=C\C/C=C\C/C=C\C/C=C\C/C=C\C/C=C\CCCC(=O)OCC(COC(=O)CCCCCCCCC/C=C\C/C=C\C/C=C\CC)OC(=O)CCCCCCCCCCCCCCCCCCCCCCCC. The van der Waals surface area contributed by atoms with Crippen molar-refractivity contribution in [3.05, 3.63) is 122 Å². The van der Waals surface area contributed by atoms with Gasteiger partial charge in [-0.2, -0.15) is 0 Å². The van der Waals surface area contributed by atoms with Gasteiger partial charge >= 0.3 is 17.9 Å². The Morgan fingerprint density at radius 2 is 0.500 bits per heavy atom. The monoisotopic (exact) mass is 1110 g/mol. The summed E-state index contributed by atoms with van der Waals surface area (Å²) in [7, 11) is 0. The van der Waals surface area contributed by atoms with Gasteiger partial charge in [-0.05, 0) is 103 Å². The Balaban J connectivity index is 4.47. The number of carbonyl (C=O) groups is 3. The van der Waals surface area contributed by atoms with Crippen molar-refractivity contribution >= 4 is 17.9 Å². The predicted octanol–water partition coefficient (Wildman–Crippen LogP) is 23.2. The topological polar surface area (TPSA) is 78.9 Å². The van der Waals surface area contributed by atoms with Gasteiger partial charge in [-0.1, -0.05) is 309 Å². The van der Waals surface area contributed by atoms with Crippen LogP contribution in [0, 0.1) is 0 Å². The quantitative estimate of drug-likeness (QED) is 0.0261. The molecule has 0 spiro atoms. The van der Waals surface area contributed by atoms with Crippen LogP contribution in [0.3, 0.4) is 0 Å². The van der Waals surface area contributed by atoms with Crippen molar-refractivity contribution in [1.29, 1.82) is 0 Å². The summed E-state index contributed by atoms with van der Waals surface area (Å²) < 4.78 is 16.9. The molecule has 0 saturated carbocycles. The Bertz CT molecular complexity index is 1650. The summed E-state index contributed by atoms with van der Waals surface area (Å²) in [4.78, 5) is 38.4. The smallest absolute Gasteiger partial charge is 0.306 e. The van der Waals surface area contributed by atoms with Gasteiger partial charge in [0.1, 0.15) is 13.2 Å². The molecule has 1 atom stereocenters.